The molecule has 0 fully saturated rings. The summed E-state index contributed by atoms with van der Waals surface area (Å²) in [7, 11) is -3.69. The fourth-order valence-electron chi connectivity index (χ4n) is 3.12. The van der Waals surface area contributed by atoms with Crippen molar-refractivity contribution in [3.63, 3.8) is 0 Å². The van der Waals surface area contributed by atoms with Crippen LogP contribution >= 0.6 is 0 Å². The largest absolute Gasteiger partial charge is 0.331 e. The molecule has 0 aromatic heterocycles. The molecule has 4 rings (SSSR count). The van der Waals surface area contributed by atoms with Crippen LogP contribution in [0.15, 0.2) is 70.8 Å². The third kappa shape index (κ3) is 3.81. The zero-order chi connectivity index (χ0) is 20.6. The summed E-state index contributed by atoms with van der Waals surface area (Å²) < 4.78 is 55.8. The van der Waals surface area contributed by atoms with E-state index in [0.717, 1.165) is 6.07 Å². The van der Waals surface area contributed by atoms with E-state index in [1.165, 1.54) is 11.0 Å². The van der Waals surface area contributed by atoms with Crippen LogP contribution in [0.2, 0.25) is 0 Å². The number of benzene rings is 2. The first-order valence-electron chi connectivity index (χ1n) is 8.68. The van der Waals surface area contributed by atoms with Gasteiger partial charge in [0.05, 0.1) is 17.0 Å². The molecule has 0 saturated heterocycles. The van der Waals surface area contributed by atoms with Crippen molar-refractivity contribution in [2.24, 2.45) is 4.40 Å². The number of carbonyl (C=O) groups is 1. The van der Waals surface area contributed by atoms with Gasteiger partial charge >= 0.3 is 0 Å². The van der Waals surface area contributed by atoms with Crippen molar-refractivity contribution >= 4 is 27.5 Å². The first-order valence-corrected chi connectivity index (χ1v) is 10.3. The minimum Gasteiger partial charge on any atom is -0.331 e. The summed E-state index contributed by atoms with van der Waals surface area (Å²) in [6.45, 7) is 0.155. The summed E-state index contributed by atoms with van der Waals surface area (Å²) in [5.41, 5.74) is 0.443. The van der Waals surface area contributed by atoms with E-state index in [2.05, 4.69) is 9.71 Å². The van der Waals surface area contributed by atoms with Crippen LogP contribution in [-0.4, -0.2) is 37.4 Å². The minimum absolute atomic E-state index is 0.0277. The average molecular weight is 415 g/mol. The first kappa shape index (κ1) is 19.0. The topological polar surface area (TPSA) is 78.8 Å². The second-order valence-electron chi connectivity index (χ2n) is 6.45. The highest BCUT2D eigenvalue weighted by atomic mass is 32.2. The fraction of sp³-hybridized carbons (Fsp3) is 0.100. The Labute approximate surface area is 165 Å². The van der Waals surface area contributed by atoms with Crippen LogP contribution in [-0.2, 0) is 14.8 Å². The van der Waals surface area contributed by atoms with E-state index in [9.17, 15) is 22.0 Å². The molecule has 0 atom stereocenters. The number of amidine groups is 1. The lowest BCUT2D eigenvalue weighted by Gasteiger charge is -2.28. The highest BCUT2D eigenvalue weighted by Gasteiger charge is 2.30. The predicted octanol–water partition coefficient (Wildman–Crippen LogP) is 3.07. The van der Waals surface area contributed by atoms with Crippen molar-refractivity contribution in [2.45, 2.75) is 0 Å². The Kier molecular flexibility index (Phi) is 4.75. The third-order valence-corrected chi connectivity index (χ3v) is 5.63. The molecule has 0 saturated carbocycles. The molecule has 9 heteroatoms. The van der Waals surface area contributed by atoms with E-state index >= 15 is 0 Å². The number of halogens is 2. The van der Waals surface area contributed by atoms with Crippen LogP contribution < -0.4 is 5.32 Å². The Hall–Kier alpha value is -3.33. The molecule has 0 aliphatic carbocycles. The number of sulfonamides is 1. The van der Waals surface area contributed by atoms with Gasteiger partial charge in [-0.25, -0.2) is 17.2 Å². The number of anilines is 1. The van der Waals surface area contributed by atoms with Crippen molar-refractivity contribution in [3.05, 3.63) is 78.0 Å². The monoisotopic (exact) mass is 415 g/mol. The van der Waals surface area contributed by atoms with E-state index in [1.807, 2.05) is 0 Å². The number of allylic oxidation sites excluding steroid dienone is 2. The van der Waals surface area contributed by atoms with Gasteiger partial charge in [-0.3, -0.25) is 4.79 Å². The molecule has 29 heavy (non-hydrogen) atoms. The zero-order valence-corrected chi connectivity index (χ0v) is 15.8. The number of hydrogen-bond acceptors (Lipinski definition) is 4. The smallest absolute Gasteiger partial charge is 0.259 e. The number of nitrogens with one attached hydrogen (secondary N) is 1. The van der Waals surface area contributed by atoms with E-state index in [1.54, 1.807) is 42.6 Å². The first-order chi connectivity index (χ1) is 13.8. The van der Waals surface area contributed by atoms with Crippen LogP contribution in [0.1, 0.15) is 0 Å². The van der Waals surface area contributed by atoms with Crippen LogP contribution in [0, 0.1) is 11.6 Å². The molecule has 0 spiro atoms. The average Bonchev–Trinajstić information content (AvgIpc) is 2.69. The van der Waals surface area contributed by atoms with Crippen LogP contribution in [0.25, 0.3) is 11.1 Å². The van der Waals surface area contributed by atoms with E-state index in [4.69, 9.17) is 0 Å². The van der Waals surface area contributed by atoms with Crippen LogP contribution in [0.3, 0.4) is 0 Å². The maximum atomic E-state index is 14.6. The molecule has 148 valence electrons. The van der Waals surface area contributed by atoms with Gasteiger partial charge in [0.1, 0.15) is 11.6 Å². The van der Waals surface area contributed by atoms with E-state index in [-0.39, 0.29) is 35.0 Å². The maximum absolute atomic E-state index is 14.6. The highest BCUT2D eigenvalue weighted by molar-refractivity contribution is 7.90. The van der Waals surface area contributed by atoms with Gasteiger partial charge in [0.2, 0.25) is 0 Å². The third-order valence-electron chi connectivity index (χ3n) is 4.48. The summed E-state index contributed by atoms with van der Waals surface area (Å²) in [6, 6.07) is 10.3. The Morgan fingerprint density at radius 3 is 2.66 bits per heavy atom. The van der Waals surface area contributed by atoms with Gasteiger partial charge in [0, 0.05) is 24.4 Å². The lowest BCUT2D eigenvalue weighted by Crippen LogP contribution is -2.41. The molecule has 2 heterocycles. The number of rotatable bonds is 3. The van der Waals surface area contributed by atoms with Gasteiger partial charge < -0.3 is 10.2 Å². The minimum atomic E-state index is -3.69. The molecule has 2 aromatic carbocycles. The molecule has 1 amide bonds. The lowest BCUT2D eigenvalue weighted by atomic mass is 10.0. The van der Waals surface area contributed by atoms with Gasteiger partial charge in [0.25, 0.3) is 15.9 Å². The molecular weight excluding hydrogens is 400 g/mol. The molecule has 2 aliphatic rings. The molecule has 0 bridgehead atoms. The summed E-state index contributed by atoms with van der Waals surface area (Å²) in [6.07, 6.45) is 4.58. The molecule has 2 aliphatic heterocycles. The number of nitrogens with zero attached hydrogens (tertiary/aromatic N) is 2. The zero-order valence-electron chi connectivity index (χ0n) is 15.0. The lowest BCUT2D eigenvalue weighted by molar-refractivity contribution is -0.112. The fourth-order valence-corrected chi connectivity index (χ4v) is 4.11. The number of fused-ring (bicyclic) bond motifs is 1. The standard InChI is InChI=1S/C20H15F2N3O3S/c21-14-11-16(13-5-2-1-3-6-13)18(17(22)12-14)23-20(26)15-7-4-8-25-9-10-29(27,28)24-19(15)25/h1-8,11-12H,9-10H2,(H,23,26). The summed E-state index contributed by atoms with van der Waals surface area (Å²) in [5.74, 6) is -2.68. The molecule has 6 nitrogen and oxygen atoms in total. The molecule has 1 N–H and O–H groups in total. The van der Waals surface area contributed by atoms with Crippen molar-refractivity contribution < 1.29 is 22.0 Å². The van der Waals surface area contributed by atoms with Crippen LogP contribution in [0.4, 0.5) is 14.5 Å². The van der Waals surface area contributed by atoms with E-state index in [0.29, 0.717) is 11.6 Å². The van der Waals surface area contributed by atoms with Crippen molar-refractivity contribution in [2.75, 3.05) is 17.6 Å². The molecule has 2 aromatic rings. The molecule has 0 unspecified atom stereocenters. The van der Waals surface area contributed by atoms with Crippen molar-refractivity contribution in [1.82, 2.24) is 4.90 Å². The second kappa shape index (κ2) is 7.25. The maximum Gasteiger partial charge on any atom is 0.259 e. The van der Waals surface area contributed by atoms with Gasteiger partial charge in [0.15, 0.2) is 5.84 Å². The second-order valence-corrected chi connectivity index (χ2v) is 8.20. The number of carbonyl (C=O) groups excluding carboxylic acids is 1. The van der Waals surface area contributed by atoms with Gasteiger partial charge in [-0.05, 0) is 23.8 Å². The summed E-state index contributed by atoms with van der Waals surface area (Å²) >= 11 is 0. The Balaban J connectivity index is 1.73. The number of amides is 1. The SMILES string of the molecule is O=C(Nc1c(F)cc(F)cc1-c1ccccc1)C1=CC=CN2CCS(=O)(=O)N=C12. The van der Waals surface area contributed by atoms with Crippen LogP contribution in [0.5, 0.6) is 0 Å². The summed E-state index contributed by atoms with van der Waals surface area (Å²) in [5, 5.41) is 2.45. The van der Waals surface area contributed by atoms with Gasteiger partial charge in [-0.2, -0.15) is 0 Å². The van der Waals surface area contributed by atoms with E-state index < -0.39 is 27.6 Å². The number of hydrogen-bond donors (Lipinski definition) is 1. The van der Waals surface area contributed by atoms with Crippen molar-refractivity contribution in [3.8, 4) is 11.1 Å². The Bertz CT molecular complexity index is 1190. The van der Waals surface area contributed by atoms with Crippen molar-refractivity contribution in [1.29, 1.82) is 0 Å². The quantitative estimate of drug-likeness (QED) is 0.836. The highest BCUT2D eigenvalue weighted by Crippen LogP contribution is 2.32. The van der Waals surface area contributed by atoms with Gasteiger partial charge in [-0.1, -0.05) is 30.3 Å². The Morgan fingerprint density at radius 1 is 1.14 bits per heavy atom. The Morgan fingerprint density at radius 2 is 1.90 bits per heavy atom. The van der Waals surface area contributed by atoms with Gasteiger partial charge in [-0.15, -0.1) is 4.40 Å². The summed E-state index contributed by atoms with van der Waals surface area (Å²) in [4.78, 5) is 14.4. The molecular formula is C20H15F2N3O3S. The molecule has 0 radical (unpaired) electrons. The normalized spacial score (nSPS) is 17.2. The predicted molar refractivity (Wildman–Crippen MR) is 106 cm³/mol.